The minimum absolute atomic E-state index is 0.222. The van der Waals surface area contributed by atoms with Gasteiger partial charge in [-0.2, -0.15) is 5.48 Å². The first kappa shape index (κ1) is 24.6. The maximum atomic E-state index is 12.4. The molecule has 0 aliphatic heterocycles. The number of ether oxygens (including phenoxy) is 2. The molecule has 2 atom stereocenters. The Hall–Kier alpha value is -3.03. The lowest BCUT2D eigenvalue weighted by Crippen LogP contribution is -2.46. The molecule has 0 aliphatic carbocycles. The highest BCUT2D eigenvalue weighted by atomic mass is 16.7. The molecule has 0 fully saturated rings. The molecule has 0 saturated heterocycles. The number of carbonyl (C=O) groups is 1. The van der Waals surface area contributed by atoms with Crippen molar-refractivity contribution in [3.63, 3.8) is 0 Å². The van der Waals surface area contributed by atoms with Crippen LogP contribution in [0, 0.1) is 6.92 Å². The molecule has 0 saturated carbocycles. The number of rotatable bonds is 12. The van der Waals surface area contributed by atoms with E-state index in [2.05, 4.69) is 30.7 Å². The van der Waals surface area contributed by atoms with Gasteiger partial charge in [0, 0.05) is 11.6 Å². The number of carbonyl (C=O) groups excluding carboxylic acids is 1. The number of amides is 1. The van der Waals surface area contributed by atoms with Gasteiger partial charge in [-0.1, -0.05) is 62.2 Å². The minimum Gasteiger partial charge on any atom is -0.495 e. The van der Waals surface area contributed by atoms with Crippen molar-refractivity contribution in [3.8, 4) is 5.75 Å². The lowest BCUT2D eigenvalue weighted by atomic mass is 10.1. The quantitative estimate of drug-likeness (QED) is 0.205. The molecule has 2 aromatic carbocycles. The largest absolute Gasteiger partial charge is 0.495 e. The summed E-state index contributed by atoms with van der Waals surface area (Å²) < 4.78 is 13.0. The van der Waals surface area contributed by atoms with Crippen LogP contribution in [-0.4, -0.2) is 23.9 Å². The number of hydrogen-bond donors (Lipinski definition) is 2. The van der Waals surface area contributed by atoms with E-state index < -0.39 is 6.09 Å². The standard InChI is InChI=1S/C26H35N3O4/c1-5-6-8-16-24(27-26(30)32-18-21-13-9-7-10-14-21)28-33-20(3)29-17-23(31-4)25-19(2)12-11-15-22(25)29/h7,9-15,17,20,24,28H,5-6,8,16,18H2,1-4H3,(H,27,30). The first-order valence-corrected chi connectivity index (χ1v) is 11.6. The number of nitrogens with one attached hydrogen (secondary N) is 2. The second-order valence-corrected chi connectivity index (χ2v) is 8.16. The Kier molecular flexibility index (Phi) is 9.15. The smallest absolute Gasteiger partial charge is 0.408 e. The second-order valence-electron chi connectivity index (χ2n) is 8.16. The Bertz CT molecular complexity index is 1020. The number of alkyl carbamates (subject to hydrolysis) is 1. The summed E-state index contributed by atoms with van der Waals surface area (Å²) in [6, 6.07) is 15.7. The zero-order chi connectivity index (χ0) is 23.6. The number of hydroxylamine groups is 1. The van der Waals surface area contributed by atoms with Crippen LogP contribution in [0.5, 0.6) is 5.75 Å². The summed E-state index contributed by atoms with van der Waals surface area (Å²) in [4.78, 5) is 18.4. The number of nitrogens with zero attached hydrogens (tertiary/aromatic N) is 1. The SMILES string of the molecule is CCCCCC(NOC(C)n1cc(OC)c2c(C)cccc21)NC(=O)OCc1ccccc1. The molecule has 0 aliphatic rings. The van der Waals surface area contributed by atoms with Crippen molar-refractivity contribution in [2.24, 2.45) is 0 Å². The number of hydrogen-bond acceptors (Lipinski definition) is 5. The first-order valence-electron chi connectivity index (χ1n) is 11.6. The van der Waals surface area contributed by atoms with Crippen LogP contribution in [-0.2, 0) is 16.2 Å². The van der Waals surface area contributed by atoms with Gasteiger partial charge in [-0.3, -0.25) is 4.84 Å². The van der Waals surface area contributed by atoms with E-state index in [0.29, 0.717) is 0 Å². The molecule has 0 spiro atoms. The van der Waals surface area contributed by atoms with E-state index in [1.165, 1.54) is 0 Å². The van der Waals surface area contributed by atoms with Crippen LogP contribution >= 0.6 is 0 Å². The van der Waals surface area contributed by atoms with Crippen molar-refractivity contribution < 1.29 is 19.1 Å². The van der Waals surface area contributed by atoms with E-state index in [9.17, 15) is 4.79 Å². The van der Waals surface area contributed by atoms with Gasteiger partial charge in [-0.05, 0) is 43.9 Å². The van der Waals surface area contributed by atoms with E-state index in [1.807, 2.05) is 60.2 Å². The van der Waals surface area contributed by atoms with Crippen LogP contribution in [0.2, 0.25) is 0 Å². The van der Waals surface area contributed by atoms with Gasteiger partial charge in [0.15, 0.2) is 6.23 Å². The molecular weight excluding hydrogens is 418 g/mol. The van der Waals surface area contributed by atoms with Crippen molar-refractivity contribution in [3.05, 3.63) is 65.9 Å². The first-order chi connectivity index (χ1) is 16.0. The van der Waals surface area contributed by atoms with Crippen molar-refractivity contribution in [1.82, 2.24) is 15.4 Å². The summed E-state index contributed by atoms with van der Waals surface area (Å²) in [6.07, 6.45) is 4.64. The predicted molar refractivity (Wildman–Crippen MR) is 130 cm³/mol. The van der Waals surface area contributed by atoms with Gasteiger partial charge < -0.3 is 19.4 Å². The average Bonchev–Trinajstić information content (AvgIpc) is 3.22. The van der Waals surface area contributed by atoms with Gasteiger partial charge in [-0.25, -0.2) is 4.79 Å². The van der Waals surface area contributed by atoms with Crippen LogP contribution in [0.25, 0.3) is 10.9 Å². The normalized spacial score (nSPS) is 13.0. The Balaban J connectivity index is 1.62. The molecule has 1 aromatic heterocycles. The summed E-state index contributed by atoms with van der Waals surface area (Å²) in [5.41, 5.74) is 6.15. The van der Waals surface area contributed by atoms with Crippen molar-refractivity contribution in [2.45, 2.75) is 65.5 Å². The van der Waals surface area contributed by atoms with Crippen LogP contribution in [0.1, 0.15) is 56.9 Å². The highest BCUT2D eigenvalue weighted by molar-refractivity contribution is 5.90. The fraction of sp³-hybridized carbons (Fsp3) is 0.423. The van der Waals surface area contributed by atoms with Gasteiger partial charge >= 0.3 is 6.09 Å². The maximum absolute atomic E-state index is 12.4. The van der Waals surface area contributed by atoms with Crippen LogP contribution in [0.3, 0.4) is 0 Å². The summed E-state index contributed by atoms with van der Waals surface area (Å²) in [5, 5.41) is 3.95. The van der Waals surface area contributed by atoms with Crippen LogP contribution < -0.4 is 15.5 Å². The summed E-state index contributed by atoms with van der Waals surface area (Å²) in [6.45, 7) is 6.38. The maximum Gasteiger partial charge on any atom is 0.408 e. The van der Waals surface area contributed by atoms with E-state index in [4.69, 9.17) is 14.3 Å². The molecule has 2 N–H and O–H groups in total. The van der Waals surface area contributed by atoms with Gasteiger partial charge in [0.25, 0.3) is 0 Å². The molecule has 7 nitrogen and oxygen atoms in total. The zero-order valence-corrected chi connectivity index (χ0v) is 20.0. The van der Waals surface area contributed by atoms with Crippen molar-refractivity contribution in [1.29, 1.82) is 0 Å². The molecular formula is C26H35N3O4. The number of aromatic nitrogens is 1. The van der Waals surface area contributed by atoms with Gasteiger partial charge in [0.1, 0.15) is 18.5 Å². The second kappa shape index (κ2) is 12.3. The topological polar surface area (TPSA) is 73.8 Å². The monoisotopic (exact) mass is 453 g/mol. The molecule has 33 heavy (non-hydrogen) atoms. The van der Waals surface area contributed by atoms with Gasteiger partial charge in [-0.15, -0.1) is 0 Å². The number of methoxy groups -OCH3 is 1. The van der Waals surface area contributed by atoms with Gasteiger partial charge in [0.2, 0.25) is 0 Å². The van der Waals surface area contributed by atoms with Crippen molar-refractivity contribution >= 4 is 17.0 Å². The lowest BCUT2D eigenvalue weighted by molar-refractivity contribution is -0.0764. The van der Waals surface area contributed by atoms with E-state index in [0.717, 1.165) is 53.5 Å². The molecule has 2 unspecified atom stereocenters. The van der Waals surface area contributed by atoms with E-state index >= 15 is 0 Å². The van der Waals surface area contributed by atoms with Crippen LogP contribution in [0.15, 0.2) is 54.7 Å². The Morgan fingerprint density at radius 3 is 2.61 bits per heavy atom. The third-order valence-electron chi connectivity index (χ3n) is 5.63. The minimum atomic E-state index is -0.479. The third kappa shape index (κ3) is 6.73. The number of unbranched alkanes of at least 4 members (excludes halogenated alkanes) is 2. The van der Waals surface area contributed by atoms with E-state index in [1.54, 1.807) is 7.11 Å². The number of aryl methyl sites for hydroxylation is 1. The molecule has 3 aromatic rings. The van der Waals surface area contributed by atoms with Gasteiger partial charge in [0.05, 0.1) is 12.6 Å². The molecule has 3 rings (SSSR count). The Morgan fingerprint density at radius 1 is 1.09 bits per heavy atom. The molecule has 1 heterocycles. The fourth-order valence-electron chi connectivity index (χ4n) is 3.81. The number of benzene rings is 2. The van der Waals surface area contributed by atoms with Crippen LogP contribution in [0.4, 0.5) is 4.79 Å². The Labute approximate surface area is 196 Å². The lowest BCUT2D eigenvalue weighted by Gasteiger charge is -2.23. The third-order valence-corrected chi connectivity index (χ3v) is 5.63. The molecule has 178 valence electrons. The summed E-state index contributed by atoms with van der Waals surface area (Å²) >= 11 is 0. The summed E-state index contributed by atoms with van der Waals surface area (Å²) in [7, 11) is 1.67. The van der Waals surface area contributed by atoms with Crippen molar-refractivity contribution in [2.75, 3.05) is 7.11 Å². The summed E-state index contributed by atoms with van der Waals surface area (Å²) in [5.74, 6) is 0.806. The molecule has 0 bridgehead atoms. The molecule has 0 radical (unpaired) electrons. The predicted octanol–water partition coefficient (Wildman–Crippen LogP) is 5.83. The molecule has 7 heteroatoms. The average molecular weight is 454 g/mol. The Morgan fingerprint density at radius 2 is 1.88 bits per heavy atom. The zero-order valence-electron chi connectivity index (χ0n) is 20.0. The molecule has 1 amide bonds. The highest BCUT2D eigenvalue weighted by Crippen LogP contribution is 2.33. The highest BCUT2D eigenvalue weighted by Gasteiger charge is 2.18. The fourth-order valence-corrected chi connectivity index (χ4v) is 3.81. The number of fused-ring (bicyclic) bond motifs is 1. The van der Waals surface area contributed by atoms with E-state index in [-0.39, 0.29) is 19.0 Å².